The number of anilines is 1. The summed E-state index contributed by atoms with van der Waals surface area (Å²) >= 11 is 1.73. The third-order valence-corrected chi connectivity index (χ3v) is 5.85. The molecule has 0 bridgehead atoms. The van der Waals surface area contributed by atoms with Gasteiger partial charge in [0.15, 0.2) is 5.96 Å². The summed E-state index contributed by atoms with van der Waals surface area (Å²) in [5.74, 6) is 2.53. The van der Waals surface area contributed by atoms with Crippen molar-refractivity contribution in [1.29, 1.82) is 0 Å². The Labute approximate surface area is 182 Å². The molecule has 1 atom stereocenters. The molecule has 3 rings (SSSR count). The van der Waals surface area contributed by atoms with E-state index in [1.807, 2.05) is 24.4 Å². The highest BCUT2D eigenvalue weighted by Crippen LogP contribution is 2.18. The van der Waals surface area contributed by atoms with Gasteiger partial charge in [0.05, 0.1) is 12.7 Å². The van der Waals surface area contributed by atoms with Gasteiger partial charge >= 0.3 is 0 Å². The highest BCUT2D eigenvalue weighted by atomic mass is 32.2. The van der Waals surface area contributed by atoms with Gasteiger partial charge in [0, 0.05) is 44.3 Å². The van der Waals surface area contributed by atoms with E-state index in [0.717, 1.165) is 60.7 Å². The lowest BCUT2D eigenvalue weighted by Gasteiger charge is -2.32. The molecule has 1 saturated heterocycles. The minimum atomic E-state index is -0.197. The van der Waals surface area contributed by atoms with Crippen LogP contribution >= 0.6 is 11.8 Å². The molecule has 0 radical (unpaired) electrons. The van der Waals surface area contributed by atoms with E-state index >= 15 is 0 Å². The lowest BCUT2D eigenvalue weighted by molar-refractivity contribution is 0.0529. The molecule has 2 aromatic rings. The van der Waals surface area contributed by atoms with E-state index in [9.17, 15) is 4.39 Å². The van der Waals surface area contributed by atoms with E-state index in [-0.39, 0.29) is 11.9 Å². The van der Waals surface area contributed by atoms with Crippen molar-refractivity contribution in [2.24, 2.45) is 4.99 Å². The summed E-state index contributed by atoms with van der Waals surface area (Å²) in [5, 5.41) is 6.70. The van der Waals surface area contributed by atoms with Gasteiger partial charge in [-0.05, 0) is 61.1 Å². The zero-order valence-electron chi connectivity index (χ0n) is 17.6. The van der Waals surface area contributed by atoms with Crippen LogP contribution in [0.15, 0.2) is 52.5 Å². The Hall–Kier alpha value is -2.32. The average Bonchev–Trinajstić information content (AvgIpc) is 2.77. The van der Waals surface area contributed by atoms with Crippen LogP contribution in [0.2, 0.25) is 0 Å². The minimum absolute atomic E-state index is 0.197. The Balaban J connectivity index is 1.38. The molecule has 2 N–H and O–H groups in total. The average molecular weight is 432 g/mol. The number of hydrogen-bond acceptors (Lipinski definition) is 5. The van der Waals surface area contributed by atoms with Crippen LogP contribution in [0.4, 0.5) is 10.2 Å². The second kappa shape index (κ2) is 11.8. The third kappa shape index (κ3) is 7.18. The molecule has 1 aliphatic heterocycles. The predicted octanol–water partition coefficient (Wildman–Crippen LogP) is 3.29. The summed E-state index contributed by atoms with van der Waals surface area (Å²) in [6.45, 7) is 6.06. The van der Waals surface area contributed by atoms with Gasteiger partial charge in [-0.1, -0.05) is 0 Å². The molecule has 1 unspecified atom stereocenters. The zero-order chi connectivity index (χ0) is 21.2. The topological polar surface area (TPSA) is 61.8 Å². The molecule has 2 heterocycles. The number of thioether (sulfide) groups is 1. The number of hydrogen-bond donors (Lipinski definition) is 2. The van der Waals surface area contributed by atoms with E-state index < -0.39 is 0 Å². The van der Waals surface area contributed by atoms with E-state index in [1.165, 1.54) is 12.1 Å². The van der Waals surface area contributed by atoms with Gasteiger partial charge in [0.25, 0.3) is 0 Å². The number of ether oxygens (including phenoxy) is 1. The van der Waals surface area contributed by atoms with Crippen molar-refractivity contribution in [2.75, 3.05) is 43.9 Å². The lowest BCUT2D eigenvalue weighted by Crippen LogP contribution is -2.41. The molecule has 1 fully saturated rings. The van der Waals surface area contributed by atoms with E-state index in [2.05, 4.69) is 38.5 Å². The van der Waals surface area contributed by atoms with Crippen LogP contribution in [0.3, 0.4) is 0 Å². The predicted molar refractivity (Wildman–Crippen MR) is 122 cm³/mol. The first-order chi connectivity index (χ1) is 14.6. The van der Waals surface area contributed by atoms with Gasteiger partial charge in [0.1, 0.15) is 11.6 Å². The number of benzene rings is 1. The summed E-state index contributed by atoms with van der Waals surface area (Å²) in [6.07, 6.45) is 3.07. The monoisotopic (exact) mass is 431 g/mol. The summed E-state index contributed by atoms with van der Waals surface area (Å²) < 4.78 is 18.6. The fourth-order valence-electron chi connectivity index (χ4n) is 3.18. The number of morpholine rings is 1. The highest BCUT2D eigenvalue weighted by molar-refractivity contribution is 7.99. The molecular formula is C22H30FN5OS. The summed E-state index contributed by atoms with van der Waals surface area (Å²) in [4.78, 5) is 12.2. The molecule has 1 aromatic heterocycles. The number of nitrogens with zero attached hydrogens (tertiary/aromatic N) is 3. The number of aliphatic imine (C=N–C) groups is 1. The van der Waals surface area contributed by atoms with Crippen LogP contribution in [0, 0.1) is 5.82 Å². The van der Waals surface area contributed by atoms with Gasteiger partial charge in [0.2, 0.25) is 0 Å². The first-order valence-corrected chi connectivity index (χ1v) is 11.3. The highest BCUT2D eigenvalue weighted by Gasteiger charge is 2.18. The van der Waals surface area contributed by atoms with Gasteiger partial charge in [-0.2, -0.15) is 0 Å². The second-order valence-electron chi connectivity index (χ2n) is 7.16. The Morgan fingerprint density at radius 3 is 2.90 bits per heavy atom. The molecule has 1 aromatic carbocycles. The number of rotatable bonds is 8. The maximum absolute atomic E-state index is 12.9. The van der Waals surface area contributed by atoms with Crippen LogP contribution < -0.4 is 15.5 Å². The summed E-state index contributed by atoms with van der Waals surface area (Å²) in [6, 6.07) is 10.8. The fraction of sp³-hybridized carbons (Fsp3) is 0.455. The standard InChI is InChI=1S/C22H30FN5OS/c1-17-16-28(11-12-29-17)21-14-18(8-10-25-21)15-27-22(24-2)26-9-3-13-30-20-6-4-19(23)5-7-20/h4-8,10,14,17H,3,9,11-13,15-16H2,1-2H3,(H2,24,26,27). The van der Waals surface area contributed by atoms with Crippen molar-refractivity contribution >= 4 is 23.5 Å². The molecule has 0 amide bonds. The number of aromatic nitrogens is 1. The van der Waals surface area contributed by atoms with Gasteiger partial charge in [-0.15, -0.1) is 11.8 Å². The molecular weight excluding hydrogens is 401 g/mol. The molecule has 30 heavy (non-hydrogen) atoms. The van der Waals surface area contributed by atoms with Crippen molar-refractivity contribution in [3.8, 4) is 0 Å². The lowest BCUT2D eigenvalue weighted by atomic mass is 10.2. The number of nitrogens with one attached hydrogen (secondary N) is 2. The maximum atomic E-state index is 12.9. The minimum Gasteiger partial charge on any atom is -0.375 e. The first kappa shape index (κ1) is 22.4. The molecule has 8 heteroatoms. The first-order valence-electron chi connectivity index (χ1n) is 10.3. The Morgan fingerprint density at radius 1 is 1.30 bits per heavy atom. The smallest absolute Gasteiger partial charge is 0.191 e. The molecule has 162 valence electrons. The summed E-state index contributed by atoms with van der Waals surface area (Å²) in [7, 11) is 1.77. The third-order valence-electron chi connectivity index (χ3n) is 4.75. The van der Waals surface area contributed by atoms with Crippen LogP contribution in [0.25, 0.3) is 0 Å². The molecule has 1 aliphatic rings. The Bertz CT molecular complexity index is 817. The van der Waals surface area contributed by atoms with Crippen molar-refractivity contribution < 1.29 is 9.13 Å². The second-order valence-corrected chi connectivity index (χ2v) is 8.33. The number of guanidine groups is 1. The van der Waals surface area contributed by atoms with Gasteiger partial charge in [-0.3, -0.25) is 4.99 Å². The van der Waals surface area contributed by atoms with Crippen LogP contribution in [0.1, 0.15) is 18.9 Å². The maximum Gasteiger partial charge on any atom is 0.191 e. The SMILES string of the molecule is CN=C(NCCCSc1ccc(F)cc1)NCc1ccnc(N2CCOC(C)C2)c1. The largest absolute Gasteiger partial charge is 0.375 e. The molecule has 0 aliphatic carbocycles. The van der Waals surface area contributed by atoms with Crippen molar-refractivity contribution in [1.82, 2.24) is 15.6 Å². The van der Waals surface area contributed by atoms with Gasteiger partial charge < -0.3 is 20.3 Å². The van der Waals surface area contributed by atoms with Crippen LogP contribution in [-0.4, -0.2) is 56.1 Å². The van der Waals surface area contributed by atoms with Crippen molar-refractivity contribution in [3.63, 3.8) is 0 Å². The van der Waals surface area contributed by atoms with E-state index in [0.29, 0.717) is 6.54 Å². The fourth-order valence-corrected chi connectivity index (χ4v) is 4.03. The van der Waals surface area contributed by atoms with E-state index in [1.54, 1.807) is 18.8 Å². The molecule has 6 nitrogen and oxygen atoms in total. The summed E-state index contributed by atoms with van der Waals surface area (Å²) in [5.41, 5.74) is 1.16. The van der Waals surface area contributed by atoms with E-state index in [4.69, 9.17) is 4.74 Å². The number of halogens is 1. The molecule has 0 spiro atoms. The Morgan fingerprint density at radius 2 is 2.13 bits per heavy atom. The van der Waals surface area contributed by atoms with Crippen molar-refractivity contribution in [3.05, 3.63) is 54.0 Å². The quantitative estimate of drug-likeness (QED) is 0.289. The normalized spacial score (nSPS) is 17.1. The van der Waals surface area contributed by atoms with Crippen molar-refractivity contribution in [2.45, 2.75) is 30.9 Å². The molecule has 0 saturated carbocycles. The van der Waals surface area contributed by atoms with Crippen LogP contribution in [-0.2, 0) is 11.3 Å². The van der Waals surface area contributed by atoms with Gasteiger partial charge in [-0.25, -0.2) is 9.37 Å². The Kier molecular flexibility index (Phi) is 8.77. The zero-order valence-corrected chi connectivity index (χ0v) is 18.4. The van der Waals surface area contributed by atoms with Crippen LogP contribution in [0.5, 0.6) is 0 Å². The number of pyridine rings is 1.